The van der Waals surface area contributed by atoms with Crippen molar-refractivity contribution in [2.24, 2.45) is 0 Å². The first-order chi connectivity index (χ1) is 10.2. The monoisotopic (exact) mass is 315 g/mol. The van der Waals surface area contributed by atoms with Gasteiger partial charge in [-0.1, -0.05) is 0 Å². The summed E-state index contributed by atoms with van der Waals surface area (Å²) in [4.78, 5) is 10.6. The quantitative estimate of drug-likeness (QED) is 0.438. The van der Waals surface area contributed by atoms with Crippen LogP contribution in [0.4, 0.5) is 5.69 Å². The van der Waals surface area contributed by atoms with Gasteiger partial charge in [-0.25, -0.2) is 0 Å². The van der Waals surface area contributed by atoms with Crippen molar-refractivity contribution in [2.45, 2.75) is 31.2 Å². The molecule has 1 unspecified atom stereocenters. The standard InChI is InChI=1S/C14H18ClNO5/c1-19-13-7-10(9-15)12(16(17)18)8-14(13)21-6-4-11-3-2-5-20-11/h7-8,11H,2-6,9H2,1H3. The molecule has 1 aromatic rings. The van der Waals surface area contributed by atoms with E-state index in [0.717, 1.165) is 25.9 Å². The molecule has 1 heterocycles. The van der Waals surface area contributed by atoms with E-state index in [2.05, 4.69) is 0 Å². The maximum atomic E-state index is 11.0. The Morgan fingerprint density at radius 3 is 2.86 bits per heavy atom. The van der Waals surface area contributed by atoms with Gasteiger partial charge in [-0.15, -0.1) is 11.6 Å². The molecule has 116 valence electrons. The predicted molar refractivity (Wildman–Crippen MR) is 78.3 cm³/mol. The minimum atomic E-state index is -0.468. The molecule has 2 rings (SSSR count). The molecule has 7 heteroatoms. The summed E-state index contributed by atoms with van der Waals surface area (Å²) in [7, 11) is 1.49. The second kappa shape index (κ2) is 7.47. The molecule has 6 nitrogen and oxygen atoms in total. The average Bonchev–Trinajstić information content (AvgIpc) is 2.99. The number of nitro benzene ring substituents is 1. The fraction of sp³-hybridized carbons (Fsp3) is 0.571. The maximum Gasteiger partial charge on any atom is 0.277 e. The van der Waals surface area contributed by atoms with Crippen LogP contribution < -0.4 is 9.47 Å². The van der Waals surface area contributed by atoms with Crippen molar-refractivity contribution in [1.82, 2.24) is 0 Å². The molecular weight excluding hydrogens is 298 g/mol. The third-order valence-corrected chi connectivity index (χ3v) is 3.71. The van der Waals surface area contributed by atoms with Crippen molar-refractivity contribution in [2.75, 3.05) is 20.3 Å². The largest absolute Gasteiger partial charge is 0.493 e. The first kappa shape index (κ1) is 15.9. The van der Waals surface area contributed by atoms with Crippen molar-refractivity contribution in [1.29, 1.82) is 0 Å². The fourth-order valence-corrected chi connectivity index (χ4v) is 2.53. The number of methoxy groups -OCH3 is 1. The van der Waals surface area contributed by atoms with Gasteiger partial charge in [0.2, 0.25) is 0 Å². The summed E-state index contributed by atoms with van der Waals surface area (Å²) in [6, 6.07) is 2.92. The van der Waals surface area contributed by atoms with E-state index in [0.29, 0.717) is 23.7 Å². The van der Waals surface area contributed by atoms with Crippen LogP contribution in [0, 0.1) is 10.1 Å². The molecular formula is C14H18ClNO5. The van der Waals surface area contributed by atoms with Gasteiger partial charge in [0, 0.05) is 18.6 Å². The highest BCUT2D eigenvalue weighted by atomic mass is 35.5. The number of nitrogens with zero attached hydrogens (tertiary/aromatic N) is 1. The molecule has 0 radical (unpaired) electrons. The number of alkyl halides is 1. The maximum absolute atomic E-state index is 11.0. The molecule has 1 atom stereocenters. The van der Waals surface area contributed by atoms with Crippen molar-refractivity contribution < 1.29 is 19.1 Å². The van der Waals surface area contributed by atoms with Gasteiger partial charge in [-0.2, -0.15) is 0 Å². The Balaban J connectivity index is 2.08. The van der Waals surface area contributed by atoms with Crippen molar-refractivity contribution in [3.63, 3.8) is 0 Å². The molecule has 0 spiro atoms. The summed E-state index contributed by atoms with van der Waals surface area (Å²) in [6.07, 6.45) is 3.08. The van der Waals surface area contributed by atoms with Crippen LogP contribution in [0.1, 0.15) is 24.8 Å². The van der Waals surface area contributed by atoms with Crippen LogP contribution in [0.3, 0.4) is 0 Å². The Morgan fingerprint density at radius 1 is 1.48 bits per heavy atom. The van der Waals surface area contributed by atoms with E-state index >= 15 is 0 Å². The zero-order chi connectivity index (χ0) is 15.2. The molecule has 21 heavy (non-hydrogen) atoms. The summed E-state index contributed by atoms with van der Waals surface area (Å²) in [5.74, 6) is 0.850. The minimum Gasteiger partial charge on any atom is -0.493 e. The van der Waals surface area contributed by atoms with Gasteiger partial charge in [-0.3, -0.25) is 10.1 Å². The van der Waals surface area contributed by atoms with Gasteiger partial charge in [0.1, 0.15) is 0 Å². The molecule has 1 aliphatic heterocycles. The molecule has 0 N–H and O–H groups in total. The highest BCUT2D eigenvalue weighted by Gasteiger charge is 2.20. The van der Waals surface area contributed by atoms with E-state index in [1.54, 1.807) is 6.07 Å². The van der Waals surface area contributed by atoms with Gasteiger partial charge in [-0.05, 0) is 18.9 Å². The van der Waals surface area contributed by atoms with E-state index in [4.69, 9.17) is 25.8 Å². The summed E-state index contributed by atoms with van der Waals surface area (Å²) >= 11 is 5.73. The Labute approximate surface area is 128 Å². The lowest BCUT2D eigenvalue weighted by Gasteiger charge is -2.14. The van der Waals surface area contributed by atoms with E-state index < -0.39 is 4.92 Å². The predicted octanol–water partition coefficient (Wildman–Crippen LogP) is 3.29. The molecule has 0 bridgehead atoms. The van der Waals surface area contributed by atoms with Crippen LogP contribution in [0.5, 0.6) is 11.5 Å². The molecule has 1 aliphatic rings. The Kier molecular flexibility index (Phi) is 5.64. The molecule has 0 saturated carbocycles. The second-order valence-corrected chi connectivity index (χ2v) is 5.06. The zero-order valence-electron chi connectivity index (χ0n) is 11.8. The Morgan fingerprint density at radius 2 is 2.29 bits per heavy atom. The summed E-state index contributed by atoms with van der Waals surface area (Å²) in [5.41, 5.74) is 0.350. The molecule has 1 saturated heterocycles. The van der Waals surface area contributed by atoms with Gasteiger partial charge in [0.05, 0.1) is 36.7 Å². The van der Waals surface area contributed by atoms with Crippen molar-refractivity contribution in [3.05, 3.63) is 27.8 Å². The Bertz CT molecular complexity index is 502. The van der Waals surface area contributed by atoms with Crippen molar-refractivity contribution in [3.8, 4) is 11.5 Å². The SMILES string of the molecule is COc1cc(CCl)c([N+](=O)[O-])cc1OCCC1CCCO1. The molecule has 1 fully saturated rings. The number of halogens is 1. The summed E-state index contributed by atoms with van der Waals surface area (Å²) in [5, 5.41) is 11.0. The third-order valence-electron chi connectivity index (χ3n) is 3.43. The molecule has 1 aromatic carbocycles. The third kappa shape index (κ3) is 3.98. The van der Waals surface area contributed by atoms with E-state index in [1.165, 1.54) is 13.2 Å². The topological polar surface area (TPSA) is 70.8 Å². The first-order valence-electron chi connectivity index (χ1n) is 6.81. The summed E-state index contributed by atoms with van der Waals surface area (Å²) in [6.45, 7) is 1.22. The lowest BCUT2D eigenvalue weighted by atomic mass is 10.1. The minimum absolute atomic E-state index is 0.0445. The summed E-state index contributed by atoms with van der Waals surface area (Å²) < 4.78 is 16.3. The first-order valence-corrected chi connectivity index (χ1v) is 7.34. The lowest BCUT2D eigenvalue weighted by Crippen LogP contribution is -2.11. The zero-order valence-corrected chi connectivity index (χ0v) is 12.6. The number of hydrogen-bond donors (Lipinski definition) is 0. The van der Waals surface area contributed by atoms with Crippen LogP contribution >= 0.6 is 11.6 Å². The molecule has 0 aromatic heterocycles. The number of ether oxygens (including phenoxy) is 3. The number of benzene rings is 1. The van der Waals surface area contributed by atoms with Crippen LogP contribution in [-0.4, -0.2) is 31.4 Å². The van der Waals surface area contributed by atoms with Crippen LogP contribution in [0.15, 0.2) is 12.1 Å². The highest BCUT2D eigenvalue weighted by molar-refractivity contribution is 6.17. The van der Waals surface area contributed by atoms with E-state index in [9.17, 15) is 10.1 Å². The average molecular weight is 316 g/mol. The van der Waals surface area contributed by atoms with Crippen LogP contribution in [0.25, 0.3) is 0 Å². The van der Waals surface area contributed by atoms with Crippen LogP contribution in [0.2, 0.25) is 0 Å². The normalized spacial score (nSPS) is 17.7. The highest BCUT2D eigenvalue weighted by Crippen LogP contribution is 2.35. The van der Waals surface area contributed by atoms with Gasteiger partial charge < -0.3 is 14.2 Å². The Hall–Kier alpha value is -1.53. The molecule has 0 aliphatic carbocycles. The van der Waals surface area contributed by atoms with Gasteiger partial charge in [0.15, 0.2) is 11.5 Å². The fourth-order valence-electron chi connectivity index (χ4n) is 2.31. The van der Waals surface area contributed by atoms with E-state index in [1.807, 2.05) is 0 Å². The van der Waals surface area contributed by atoms with Gasteiger partial charge in [0.25, 0.3) is 5.69 Å². The van der Waals surface area contributed by atoms with Crippen LogP contribution in [-0.2, 0) is 10.6 Å². The molecule has 0 amide bonds. The van der Waals surface area contributed by atoms with E-state index in [-0.39, 0.29) is 17.7 Å². The number of rotatable bonds is 7. The second-order valence-electron chi connectivity index (χ2n) is 4.79. The smallest absolute Gasteiger partial charge is 0.277 e. The van der Waals surface area contributed by atoms with Crippen molar-refractivity contribution >= 4 is 17.3 Å². The van der Waals surface area contributed by atoms with Gasteiger partial charge >= 0.3 is 0 Å². The lowest BCUT2D eigenvalue weighted by molar-refractivity contribution is -0.385. The number of nitro groups is 1. The number of hydrogen-bond acceptors (Lipinski definition) is 5.